The highest BCUT2D eigenvalue weighted by molar-refractivity contribution is 7.92. The Bertz CT molecular complexity index is 3940. The standard InChI is InChI=1S/C61H60ClF4N9O13S/c1-3-89(81,82)71-41-11-12-52(48(29-41)49-34-72(2)60(80)56-46(49)14-16-69-56)88-45-8-6-7-44(30-45)87-24-23-85-20-19-83-17-18-84-21-22-86-37-55(77)73-35-51(75(54(76)36-73)53-25-38(33-67)13-15-68-53)59(79)74(43-27-39(63)26-40(64)28-43)57(47-9-4-5-10-50(47)62)58(78)70-42-31-61(65,66)32-42/h4-16,25-30,34,42,51,57,69,71H,3,17-24,31-32,35-37H2,1-2H3,(H,70,78)/t51-,57-/m0/s1. The van der Waals surface area contributed by atoms with Crippen LogP contribution >= 0.6 is 11.6 Å². The van der Waals surface area contributed by atoms with Gasteiger partial charge in [-0.3, -0.25) is 38.5 Å². The van der Waals surface area contributed by atoms with Crippen LogP contribution in [0.4, 0.5) is 34.8 Å². The maximum Gasteiger partial charge on any atom is 0.274 e. The zero-order chi connectivity index (χ0) is 63.4. The maximum atomic E-state index is 15.4. The Morgan fingerprint density at radius 3 is 2.22 bits per heavy atom. The van der Waals surface area contributed by atoms with Crippen molar-refractivity contribution in [1.29, 1.82) is 5.26 Å². The van der Waals surface area contributed by atoms with Gasteiger partial charge in [0.05, 0.1) is 75.9 Å². The van der Waals surface area contributed by atoms with Crippen molar-refractivity contribution in [3.8, 4) is 34.4 Å². The fraction of sp³-hybridized carbons (Fsp3) is 0.328. The molecule has 0 spiro atoms. The number of aromatic amines is 1. The number of aromatic nitrogens is 3. The van der Waals surface area contributed by atoms with E-state index < -0.39 is 108 Å². The van der Waals surface area contributed by atoms with Crippen LogP contribution in [-0.4, -0.2) is 148 Å². The third kappa shape index (κ3) is 16.2. The number of benzene rings is 4. The van der Waals surface area contributed by atoms with Gasteiger partial charge in [0.15, 0.2) is 0 Å². The zero-order valence-electron chi connectivity index (χ0n) is 48.0. The van der Waals surface area contributed by atoms with Crippen LogP contribution in [0.3, 0.4) is 0 Å². The van der Waals surface area contributed by atoms with Gasteiger partial charge in [-0.25, -0.2) is 31.0 Å². The average Bonchev–Trinajstić information content (AvgIpc) is 1.69. The summed E-state index contributed by atoms with van der Waals surface area (Å²) in [4.78, 5) is 80.4. The number of carbonyl (C=O) groups excluding carboxylic acids is 4. The van der Waals surface area contributed by atoms with E-state index in [4.69, 9.17) is 40.0 Å². The third-order valence-corrected chi connectivity index (χ3v) is 15.9. The van der Waals surface area contributed by atoms with Crippen LogP contribution in [0.5, 0.6) is 17.2 Å². The summed E-state index contributed by atoms with van der Waals surface area (Å²) in [5, 5.41) is 12.8. The van der Waals surface area contributed by atoms with Gasteiger partial charge in [0.25, 0.3) is 17.4 Å². The van der Waals surface area contributed by atoms with Gasteiger partial charge in [-0.05, 0) is 73.7 Å². The summed E-state index contributed by atoms with van der Waals surface area (Å²) in [5.41, 5.74) is 1.05. The second-order valence-electron chi connectivity index (χ2n) is 20.6. The molecule has 4 amide bonds. The van der Waals surface area contributed by atoms with Crippen LogP contribution in [0.25, 0.3) is 22.0 Å². The number of fused-ring (bicyclic) bond motifs is 1. The second-order valence-corrected chi connectivity index (χ2v) is 23.0. The number of ether oxygens (including phenoxy) is 6. The van der Waals surface area contributed by atoms with Crippen molar-refractivity contribution in [2.45, 2.75) is 43.8 Å². The summed E-state index contributed by atoms with van der Waals surface area (Å²) in [6, 6.07) is 21.0. The Labute approximate surface area is 512 Å². The second kappa shape index (κ2) is 28.9. The van der Waals surface area contributed by atoms with Crippen LogP contribution in [-0.2, 0) is 55.2 Å². The van der Waals surface area contributed by atoms with Crippen LogP contribution < -0.4 is 34.9 Å². The van der Waals surface area contributed by atoms with Gasteiger partial charge >= 0.3 is 0 Å². The maximum absolute atomic E-state index is 15.4. The number of H-pyrrole nitrogens is 1. The number of halogens is 5. The molecule has 1 aliphatic carbocycles. The summed E-state index contributed by atoms with van der Waals surface area (Å²) in [7, 11) is -1.98. The van der Waals surface area contributed by atoms with Crippen molar-refractivity contribution in [2.24, 2.45) is 7.05 Å². The first-order valence-corrected chi connectivity index (χ1v) is 30.0. The molecule has 9 rings (SSSR count). The van der Waals surface area contributed by atoms with E-state index in [1.165, 1.54) is 54.1 Å². The smallest absolute Gasteiger partial charge is 0.274 e. The molecule has 28 heteroatoms. The number of carbonyl (C=O) groups is 4. The van der Waals surface area contributed by atoms with Crippen molar-refractivity contribution in [3.63, 3.8) is 0 Å². The Kier molecular flexibility index (Phi) is 21.0. The molecule has 3 N–H and O–H groups in total. The van der Waals surface area contributed by atoms with Crippen molar-refractivity contribution >= 4 is 73.3 Å². The normalized spacial score (nSPS) is 15.3. The third-order valence-electron chi connectivity index (χ3n) is 14.3. The van der Waals surface area contributed by atoms with Gasteiger partial charge in [0, 0.05) is 89.4 Å². The number of nitriles is 1. The minimum absolute atomic E-state index is 0.0251. The van der Waals surface area contributed by atoms with Gasteiger partial charge in [-0.15, -0.1) is 0 Å². The molecule has 1 aliphatic heterocycles. The van der Waals surface area contributed by atoms with E-state index >= 15 is 13.6 Å². The highest BCUT2D eigenvalue weighted by atomic mass is 35.5. The molecule has 2 aliphatic rings. The van der Waals surface area contributed by atoms with Crippen molar-refractivity contribution in [1.82, 2.24) is 24.8 Å². The molecule has 1 saturated heterocycles. The topological polar surface area (TPSA) is 266 Å². The average molecular weight is 1270 g/mol. The lowest BCUT2D eigenvalue weighted by Crippen LogP contribution is -2.65. The number of amides is 4. The molecule has 2 fully saturated rings. The number of hydrogen-bond donors (Lipinski definition) is 3. The number of nitrogens with zero attached hydrogens (tertiary/aromatic N) is 6. The minimum Gasteiger partial charge on any atom is -0.491 e. The number of hydrogen-bond acceptors (Lipinski definition) is 15. The predicted octanol–water partition coefficient (Wildman–Crippen LogP) is 7.66. The molecular weight excluding hydrogens is 1210 g/mol. The Morgan fingerprint density at radius 1 is 0.854 bits per heavy atom. The number of anilines is 3. The molecule has 0 unspecified atom stereocenters. The van der Waals surface area contributed by atoms with Gasteiger partial charge in [0.2, 0.25) is 27.7 Å². The number of alkyl halides is 2. The lowest BCUT2D eigenvalue weighted by molar-refractivity contribution is -0.143. The molecule has 4 aromatic carbocycles. The van der Waals surface area contributed by atoms with E-state index in [0.29, 0.717) is 55.9 Å². The van der Waals surface area contributed by atoms with E-state index in [1.807, 2.05) is 6.07 Å². The monoisotopic (exact) mass is 1270 g/mol. The fourth-order valence-electron chi connectivity index (χ4n) is 9.95. The van der Waals surface area contributed by atoms with E-state index in [9.17, 15) is 41.6 Å². The lowest BCUT2D eigenvalue weighted by atomic mass is 9.87. The molecule has 2 atom stereocenters. The molecule has 1 saturated carbocycles. The number of piperazine rings is 1. The zero-order valence-corrected chi connectivity index (χ0v) is 49.5. The predicted molar refractivity (Wildman–Crippen MR) is 318 cm³/mol. The first kappa shape index (κ1) is 64.6. The Hall–Kier alpha value is -8.91. The summed E-state index contributed by atoms with van der Waals surface area (Å²) < 4.78 is 122. The van der Waals surface area contributed by atoms with Crippen molar-refractivity contribution in [3.05, 3.63) is 160 Å². The van der Waals surface area contributed by atoms with Gasteiger partial charge < -0.3 is 48.2 Å². The van der Waals surface area contributed by atoms with Crippen molar-refractivity contribution < 1.29 is 73.6 Å². The van der Waals surface area contributed by atoms with E-state index in [2.05, 4.69) is 20.0 Å². The minimum atomic E-state index is -3.60. The van der Waals surface area contributed by atoms with Crippen LogP contribution in [0.1, 0.15) is 36.9 Å². The molecule has 22 nitrogen and oxygen atoms in total. The van der Waals surface area contributed by atoms with Crippen LogP contribution in [0.15, 0.2) is 127 Å². The van der Waals surface area contributed by atoms with Gasteiger partial charge in [-0.2, -0.15) is 5.26 Å². The lowest BCUT2D eigenvalue weighted by Gasteiger charge is -2.43. The molecule has 3 aromatic heterocycles. The van der Waals surface area contributed by atoms with Gasteiger partial charge in [-0.1, -0.05) is 35.9 Å². The SMILES string of the molecule is CCS(=O)(=O)Nc1ccc(Oc2cccc(OCCOCCOCCOCCOCC(=O)N3CC(=O)N(c4cc(C#N)ccn4)[C@H](C(=O)N(c4cc(F)cc(F)c4)[C@H](C(=O)NC4CC(F)(F)C4)c4ccccc4Cl)C3)c2)c(-c2cn(C)c(=O)c3[nH]ccc23)c1. The number of rotatable bonds is 28. The van der Waals surface area contributed by atoms with Crippen LogP contribution in [0.2, 0.25) is 5.02 Å². The molecule has 4 heterocycles. The Balaban J connectivity index is 0.745. The van der Waals surface area contributed by atoms with Gasteiger partial charge in [0.1, 0.15) is 72.1 Å². The van der Waals surface area contributed by atoms with E-state index in [-0.39, 0.29) is 86.1 Å². The first-order chi connectivity index (χ1) is 42.7. The molecule has 0 bridgehead atoms. The highest BCUT2D eigenvalue weighted by Crippen LogP contribution is 2.41. The van der Waals surface area contributed by atoms with Crippen LogP contribution in [0, 0.1) is 23.0 Å². The molecule has 468 valence electrons. The molecule has 7 aromatic rings. The van der Waals surface area contributed by atoms with E-state index in [0.717, 1.165) is 21.9 Å². The van der Waals surface area contributed by atoms with Crippen molar-refractivity contribution in [2.75, 3.05) is 92.8 Å². The molecular formula is C61H60ClF4N9O13S. The number of aryl methyl sites for hydroxylation is 1. The largest absolute Gasteiger partial charge is 0.491 e. The Morgan fingerprint density at radius 2 is 1.54 bits per heavy atom. The van der Waals surface area contributed by atoms with E-state index in [1.54, 1.807) is 68.0 Å². The summed E-state index contributed by atoms with van der Waals surface area (Å²) in [5.74, 6) is -8.29. The fourth-order valence-corrected chi connectivity index (χ4v) is 10.8. The highest BCUT2D eigenvalue weighted by Gasteiger charge is 2.49. The summed E-state index contributed by atoms with van der Waals surface area (Å²) in [6.07, 6.45) is 3.07. The summed E-state index contributed by atoms with van der Waals surface area (Å²) in [6.45, 7) is 0.883. The quantitative estimate of drug-likeness (QED) is 0.0314. The number of pyridine rings is 2. The molecule has 0 radical (unpaired) electrons. The first-order valence-electron chi connectivity index (χ1n) is 27.9. The number of sulfonamides is 1. The summed E-state index contributed by atoms with van der Waals surface area (Å²) >= 11 is 6.62. The molecule has 89 heavy (non-hydrogen) atoms. The number of nitrogens with one attached hydrogen (secondary N) is 3.